The standard InChI is InChI=1S/C19H23F3N6/c1-14-12-17(26-6-2-3-7-26)25-18(24-14)28-10-8-27(9-11-28)16-13-15(4-5-23-16)19(20,21)22/h4-5,12-13H,2-3,6-11H2,1H3. The van der Waals surface area contributed by atoms with Gasteiger partial charge in [-0.25, -0.2) is 9.97 Å². The summed E-state index contributed by atoms with van der Waals surface area (Å²) < 4.78 is 38.8. The summed E-state index contributed by atoms with van der Waals surface area (Å²) in [5.74, 6) is 2.01. The quantitative estimate of drug-likeness (QED) is 0.800. The number of alkyl halides is 3. The monoisotopic (exact) mass is 392 g/mol. The van der Waals surface area contributed by atoms with Crippen LogP contribution in [0.1, 0.15) is 24.1 Å². The molecule has 0 aliphatic carbocycles. The first-order valence-corrected chi connectivity index (χ1v) is 9.54. The molecule has 28 heavy (non-hydrogen) atoms. The van der Waals surface area contributed by atoms with Gasteiger partial charge < -0.3 is 14.7 Å². The van der Waals surface area contributed by atoms with Crippen molar-refractivity contribution in [1.29, 1.82) is 0 Å². The van der Waals surface area contributed by atoms with Gasteiger partial charge in [0.25, 0.3) is 0 Å². The average Bonchev–Trinajstić information content (AvgIpc) is 3.22. The van der Waals surface area contributed by atoms with Crippen molar-refractivity contribution in [3.63, 3.8) is 0 Å². The van der Waals surface area contributed by atoms with Gasteiger partial charge in [0.2, 0.25) is 5.95 Å². The molecule has 0 unspecified atom stereocenters. The van der Waals surface area contributed by atoms with Gasteiger partial charge in [0.05, 0.1) is 5.56 Å². The Kier molecular flexibility index (Phi) is 4.99. The van der Waals surface area contributed by atoms with Crippen molar-refractivity contribution in [3.8, 4) is 0 Å². The van der Waals surface area contributed by atoms with Gasteiger partial charge in [-0.1, -0.05) is 0 Å². The number of aromatic nitrogens is 3. The number of nitrogens with zero attached hydrogens (tertiary/aromatic N) is 6. The number of halogens is 3. The number of hydrogen-bond acceptors (Lipinski definition) is 6. The molecule has 0 aromatic carbocycles. The van der Waals surface area contributed by atoms with Gasteiger partial charge in [0.1, 0.15) is 11.6 Å². The topological polar surface area (TPSA) is 48.4 Å². The highest BCUT2D eigenvalue weighted by Crippen LogP contribution is 2.31. The molecular weight excluding hydrogens is 369 g/mol. The Morgan fingerprint density at radius 1 is 0.821 bits per heavy atom. The van der Waals surface area contributed by atoms with Crippen molar-refractivity contribution in [2.24, 2.45) is 0 Å². The smallest absolute Gasteiger partial charge is 0.356 e. The minimum absolute atomic E-state index is 0.359. The van der Waals surface area contributed by atoms with E-state index in [1.165, 1.54) is 19.0 Å². The molecule has 0 radical (unpaired) electrons. The molecule has 0 N–H and O–H groups in total. The van der Waals surface area contributed by atoms with Gasteiger partial charge >= 0.3 is 6.18 Å². The van der Waals surface area contributed by atoms with Gasteiger partial charge in [-0.3, -0.25) is 0 Å². The van der Waals surface area contributed by atoms with Crippen molar-refractivity contribution in [2.75, 3.05) is 54.0 Å². The van der Waals surface area contributed by atoms with E-state index in [-0.39, 0.29) is 0 Å². The summed E-state index contributed by atoms with van der Waals surface area (Å²) in [7, 11) is 0. The number of hydrogen-bond donors (Lipinski definition) is 0. The van der Waals surface area contributed by atoms with Crippen LogP contribution in [0.2, 0.25) is 0 Å². The van der Waals surface area contributed by atoms with Crippen LogP contribution in [-0.4, -0.2) is 54.2 Å². The van der Waals surface area contributed by atoms with Gasteiger partial charge in [0, 0.05) is 57.2 Å². The number of rotatable bonds is 3. The van der Waals surface area contributed by atoms with Crippen LogP contribution >= 0.6 is 0 Å². The normalized spacial score (nSPS) is 18.1. The van der Waals surface area contributed by atoms with E-state index in [2.05, 4.69) is 19.8 Å². The van der Waals surface area contributed by atoms with E-state index in [0.29, 0.717) is 37.9 Å². The largest absolute Gasteiger partial charge is 0.416 e. The Balaban J connectivity index is 1.46. The molecule has 0 bridgehead atoms. The Morgan fingerprint density at radius 2 is 1.46 bits per heavy atom. The predicted molar refractivity (Wildman–Crippen MR) is 102 cm³/mol. The molecule has 0 amide bonds. The highest BCUT2D eigenvalue weighted by molar-refractivity contribution is 5.49. The highest BCUT2D eigenvalue weighted by Gasteiger charge is 2.31. The summed E-state index contributed by atoms with van der Waals surface area (Å²) in [5, 5.41) is 0. The third-order valence-electron chi connectivity index (χ3n) is 5.22. The molecule has 2 aromatic heterocycles. The Hall–Kier alpha value is -2.58. The fraction of sp³-hybridized carbons (Fsp3) is 0.526. The van der Waals surface area contributed by atoms with Crippen LogP contribution in [0.5, 0.6) is 0 Å². The minimum Gasteiger partial charge on any atom is -0.356 e. The summed E-state index contributed by atoms with van der Waals surface area (Å²) in [4.78, 5) is 19.7. The summed E-state index contributed by atoms with van der Waals surface area (Å²) in [5.41, 5.74) is 0.256. The van der Waals surface area contributed by atoms with Crippen molar-refractivity contribution in [1.82, 2.24) is 15.0 Å². The fourth-order valence-electron chi connectivity index (χ4n) is 3.69. The van der Waals surface area contributed by atoms with Crippen molar-refractivity contribution < 1.29 is 13.2 Å². The number of anilines is 3. The summed E-state index contributed by atoms with van der Waals surface area (Å²) >= 11 is 0. The lowest BCUT2D eigenvalue weighted by Gasteiger charge is -2.36. The molecule has 2 fully saturated rings. The van der Waals surface area contributed by atoms with Crippen LogP contribution in [-0.2, 0) is 6.18 Å². The molecule has 4 rings (SSSR count). The van der Waals surface area contributed by atoms with Crippen LogP contribution in [0.15, 0.2) is 24.4 Å². The van der Waals surface area contributed by atoms with Crippen molar-refractivity contribution in [3.05, 3.63) is 35.7 Å². The fourth-order valence-corrected chi connectivity index (χ4v) is 3.69. The van der Waals surface area contributed by atoms with Crippen molar-refractivity contribution in [2.45, 2.75) is 25.9 Å². The maximum atomic E-state index is 12.9. The summed E-state index contributed by atoms with van der Waals surface area (Å²) in [6, 6.07) is 4.13. The minimum atomic E-state index is -4.36. The Morgan fingerprint density at radius 3 is 2.14 bits per heavy atom. The first-order valence-electron chi connectivity index (χ1n) is 9.54. The Bertz CT molecular complexity index is 827. The highest BCUT2D eigenvalue weighted by atomic mass is 19.4. The second-order valence-corrected chi connectivity index (χ2v) is 7.24. The maximum absolute atomic E-state index is 12.9. The first kappa shape index (κ1) is 18.8. The van der Waals surface area contributed by atoms with E-state index < -0.39 is 11.7 Å². The summed E-state index contributed by atoms with van der Waals surface area (Å²) in [6.07, 6.45) is -0.778. The van der Waals surface area contributed by atoms with Crippen LogP contribution in [0, 0.1) is 6.92 Å². The van der Waals surface area contributed by atoms with E-state index in [4.69, 9.17) is 4.98 Å². The molecule has 2 saturated heterocycles. The van der Waals surface area contributed by atoms with E-state index in [9.17, 15) is 13.2 Å². The molecule has 2 aliphatic heterocycles. The number of pyridine rings is 1. The first-order chi connectivity index (χ1) is 13.4. The zero-order valence-corrected chi connectivity index (χ0v) is 15.8. The van der Waals surface area contributed by atoms with Gasteiger partial charge in [-0.2, -0.15) is 18.2 Å². The van der Waals surface area contributed by atoms with Crippen LogP contribution in [0.4, 0.5) is 30.8 Å². The molecule has 2 aliphatic rings. The van der Waals surface area contributed by atoms with E-state index in [0.717, 1.165) is 36.7 Å². The van der Waals surface area contributed by atoms with Gasteiger partial charge in [-0.15, -0.1) is 0 Å². The molecule has 6 nitrogen and oxygen atoms in total. The van der Waals surface area contributed by atoms with Gasteiger partial charge in [0.15, 0.2) is 0 Å². The third kappa shape index (κ3) is 3.98. The lowest BCUT2D eigenvalue weighted by Crippen LogP contribution is -2.47. The molecule has 0 atom stereocenters. The van der Waals surface area contributed by atoms with Crippen molar-refractivity contribution >= 4 is 17.6 Å². The molecule has 9 heteroatoms. The molecule has 0 spiro atoms. The van der Waals surface area contributed by atoms with E-state index >= 15 is 0 Å². The Labute approximate surface area is 162 Å². The molecule has 0 saturated carbocycles. The third-order valence-corrected chi connectivity index (χ3v) is 5.22. The zero-order valence-electron chi connectivity index (χ0n) is 15.8. The maximum Gasteiger partial charge on any atom is 0.416 e. The molecule has 4 heterocycles. The second-order valence-electron chi connectivity index (χ2n) is 7.24. The van der Waals surface area contributed by atoms with Crippen LogP contribution in [0.3, 0.4) is 0 Å². The second kappa shape index (κ2) is 7.44. The van der Waals surface area contributed by atoms with Crippen LogP contribution in [0.25, 0.3) is 0 Å². The molecular formula is C19H23F3N6. The number of aryl methyl sites for hydroxylation is 1. The van der Waals surface area contributed by atoms with E-state index in [1.54, 1.807) is 0 Å². The predicted octanol–water partition coefficient (Wildman–Crippen LogP) is 3.13. The number of piperazine rings is 1. The summed E-state index contributed by atoms with van der Waals surface area (Å²) in [6.45, 7) is 6.43. The SMILES string of the molecule is Cc1cc(N2CCCC2)nc(N2CCN(c3cc(C(F)(F)F)ccn3)CC2)n1. The average molecular weight is 392 g/mol. The van der Waals surface area contributed by atoms with Gasteiger partial charge in [-0.05, 0) is 31.9 Å². The lowest BCUT2D eigenvalue weighted by molar-refractivity contribution is -0.137. The lowest BCUT2D eigenvalue weighted by atomic mass is 10.2. The van der Waals surface area contributed by atoms with E-state index in [1.807, 2.05) is 17.9 Å². The molecule has 2 aromatic rings. The zero-order chi connectivity index (χ0) is 19.7. The van der Waals surface area contributed by atoms with Crippen LogP contribution < -0.4 is 14.7 Å². The molecule has 150 valence electrons.